The van der Waals surface area contributed by atoms with Crippen LogP contribution in [0.15, 0.2) is 24.3 Å². The van der Waals surface area contributed by atoms with Gasteiger partial charge in [0, 0.05) is 6.42 Å². The van der Waals surface area contributed by atoms with Crippen LogP contribution in [-0.4, -0.2) is 27.5 Å². The molecule has 5 nitrogen and oxygen atoms in total. The van der Waals surface area contributed by atoms with Gasteiger partial charge >= 0.3 is 5.97 Å². The maximum Gasteiger partial charge on any atom is 0.329 e. The molecule has 1 heterocycles. The molecule has 1 aromatic carbocycles. The minimum absolute atomic E-state index is 0.197. The maximum absolute atomic E-state index is 12.0. The number of rotatable bonds is 9. The lowest BCUT2D eigenvalue weighted by Gasteiger charge is -2.25. The number of carboxylic acids is 1. The Kier molecular flexibility index (Phi) is 6.31. The zero-order valence-corrected chi connectivity index (χ0v) is 15.0. The van der Waals surface area contributed by atoms with Gasteiger partial charge in [0.2, 0.25) is 5.91 Å². The topological polar surface area (TPSA) is 79.3 Å². The number of nitrogens with zero attached hydrogens (tertiary/aromatic N) is 1. The minimum Gasteiger partial charge on any atom is -0.480 e. The predicted octanol–water partition coefficient (Wildman–Crippen LogP) is 3.77. The molecule has 2 N–H and O–H groups in total. The van der Waals surface area contributed by atoms with Crippen molar-refractivity contribution in [2.45, 2.75) is 57.9 Å². The first-order chi connectivity index (χ1) is 11.4. The van der Waals surface area contributed by atoms with E-state index < -0.39 is 11.5 Å². The zero-order valence-electron chi connectivity index (χ0n) is 14.2. The van der Waals surface area contributed by atoms with Crippen LogP contribution in [0.25, 0.3) is 10.2 Å². The van der Waals surface area contributed by atoms with Crippen molar-refractivity contribution in [1.29, 1.82) is 0 Å². The van der Waals surface area contributed by atoms with Gasteiger partial charge in [0.1, 0.15) is 5.54 Å². The summed E-state index contributed by atoms with van der Waals surface area (Å²) in [6.45, 7) is 3.48. The van der Waals surface area contributed by atoms with Crippen LogP contribution in [-0.2, 0) is 16.0 Å². The van der Waals surface area contributed by atoms with Gasteiger partial charge in [-0.25, -0.2) is 9.78 Å². The highest BCUT2D eigenvalue weighted by Gasteiger charge is 2.33. The van der Waals surface area contributed by atoms with Crippen LogP contribution in [0.3, 0.4) is 0 Å². The summed E-state index contributed by atoms with van der Waals surface area (Å²) in [4.78, 5) is 27.9. The molecule has 0 fully saturated rings. The van der Waals surface area contributed by atoms with Crippen molar-refractivity contribution in [1.82, 2.24) is 10.3 Å². The van der Waals surface area contributed by atoms with E-state index in [1.54, 1.807) is 18.3 Å². The van der Waals surface area contributed by atoms with Crippen LogP contribution in [0.1, 0.15) is 51.0 Å². The number of aliphatic carboxylic acids is 1. The number of carbonyl (C=O) groups excluding carboxylic acids is 1. The van der Waals surface area contributed by atoms with Crippen LogP contribution in [0.2, 0.25) is 0 Å². The van der Waals surface area contributed by atoms with E-state index in [1.807, 2.05) is 25.1 Å². The first-order valence-electron chi connectivity index (χ1n) is 8.33. The third-order valence-electron chi connectivity index (χ3n) is 4.02. The molecule has 0 radical (unpaired) electrons. The fraction of sp³-hybridized carbons (Fsp3) is 0.500. The van der Waals surface area contributed by atoms with Crippen LogP contribution in [0.4, 0.5) is 0 Å². The molecule has 0 saturated heterocycles. The number of carbonyl (C=O) groups is 2. The van der Waals surface area contributed by atoms with Crippen LogP contribution in [0.5, 0.6) is 0 Å². The van der Waals surface area contributed by atoms with Crippen LogP contribution >= 0.6 is 11.3 Å². The number of hydrogen-bond acceptors (Lipinski definition) is 4. The Balaban J connectivity index is 1.77. The smallest absolute Gasteiger partial charge is 0.329 e. The first kappa shape index (κ1) is 18.4. The highest BCUT2D eigenvalue weighted by atomic mass is 32.1. The van der Waals surface area contributed by atoms with Gasteiger partial charge in [-0.1, -0.05) is 25.5 Å². The number of carboxylic acid groups (broad SMARTS) is 1. The fourth-order valence-electron chi connectivity index (χ4n) is 2.68. The molecule has 0 aliphatic rings. The highest BCUT2D eigenvalue weighted by Crippen LogP contribution is 2.23. The molecule has 1 amide bonds. The van der Waals surface area contributed by atoms with Crippen molar-refractivity contribution in [3.63, 3.8) is 0 Å². The number of fused-ring (bicyclic) bond motifs is 1. The van der Waals surface area contributed by atoms with Crippen molar-refractivity contribution in [3.8, 4) is 0 Å². The van der Waals surface area contributed by atoms with E-state index in [1.165, 1.54) is 4.70 Å². The number of unbranched alkanes of at least 4 members (excludes halogenated alkanes) is 1. The largest absolute Gasteiger partial charge is 0.480 e. The second-order valence-electron chi connectivity index (χ2n) is 6.22. The number of aromatic nitrogens is 1. The Labute approximate surface area is 146 Å². The quantitative estimate of drug-likeness (QED) is 0.676. The molecule has 0 bridgehead atoms. The summed E-state index contributed by atoms with van der Waals surface area (Å²) in [6.07, 6.45) is 3.92. The number of amides is 1. The highest BCUT2D eigenvalue weighted by molar-refractivity contribution is 7.18. The third-order valence-corrected chi connectivity index (χ3v) is 5.12. The average Bonchev–Trinajstić information content (AvgIpc) is 2.94. The number of nitrogens with one attached hydrogen (secondary N) is 1. The van der Waals surface area contributed by atoms with Gasteiger partial charge in [-0.05, 0) is 44.7 Å². The summed E-state index contributed by atoms with van der Waals surface area (Å²) in [5.41, 5.74) is -0.147. The lowest BCUT2D eigenvalue weighted by Crippen LogP contribution is -2.52. The molecule has 1 atom stereocenters. The lowest BCUT2D eigenvalue weighted by molar-refractivity contribution is -0.147. The number of benzene rings is 1. The number of para-hydroxylation sites is 1. The molecule has 1 aromatic heterocycles. The van der Waals surface area contributed by atoms with Crippen molar-refractivity contribution >= 4 is 33.4 Å². The van der Waals surface area contributed by atoms with E-state index in [2.05, 4.69) is 16.4 Å². The van der Waals surface area contributed by atoms with E-state index in [9.17, 15) is 14.7 Å². The van der Waals surface area contributed by atoms with Crippen LogP contribution < -0.4 is 5.32 Å². The van der Waals surface area contributed by atoms with Gasteiger partial charge in [-0.15, -0.1) is 11.3 Å². The van der Waals surface area contributed by atoms with Crippen LogP contribution in [0, 0.1) is 0 Å². The van der Waals surface area contributed by atoms with Crippen molar-refractivity contribution in [3.05, 3.63) is 29.3 Å². The van der Waals surface area contributed by atoms with Crippen molar-refractivity contribution in [2.24, 2.45) is 0 Å². The molecular weight excluding hydrogens is 324 g/mol. The Hall–Kier alpha value is -1.95. The third kappa shape index (κ3) is 4.77. The standard InChI is InChI=1S/C18H24N2O3S/c1-3-12-18(2,17(22)23)20-15(21)10-6-7-11-16-19-13-8-4-5-9-14(13)24-16/h4-5,8-9H,3,6-7,10-12H2,1-2H3,(H,20,21)(H,22,23). The first-order valence-corrected chi connectivity index (χ1v) is 9.15. The average molecular weight is 348 g/mol. The Morgan fingerprint density at radius 3 is 2.71 bits per heavy atom. The second kappa shape index (κ2) is 8.24. The summed E-state index contributed by atoms with van der Waals surface area (Å²) in [5.74, 6) is -1.18. The molecule has 6 heteroatoms. The van der Waals surface area contributed by atoms with E-state index in [0.29, 0.717) is 19.3 Å². The molecule has 0 saturated carbocycles. The maximum atomic E-state index is 12.0. The summed E-state index contributed by atoms with van der Waals surface area (Å²) < 4.78 is 1.18. The minimum atomic E-state index is -1.17. The number of thiazole rings is 1. The van der Waals surface area contributed by atoms with Gasteiger partial charge in [0.25, 0.3) is 0 Å². The summed E-state index contributed by atoms with van der Waals surface area (Å²) in [7, 11) is 0. The van der Waals surface area contributed by atoms with E-state index in [-0.39, 0.29) is 5.91 Å². The van der Waals surface area contributed by atoms with E-state index in [4.69, 9.17) is 0 Å². The van der Waals surface area contributed by atoms with Gasteiger partial charge in [0.05, 0.1) is 15.2 Å². The summed E-state index contributed by atoms with van der Waals surface area (Å²) in [5, 5.41) is 13.0. The molecule has 130 valence electrons. The SMILES string of the molecule is CCCC(C)(NC(=O)CCCCc1nc2ccccc2s1)C(=O)O. The molecule has 0 spiro atoms. The van der Waals surface area contributed by atoms with Gasteiger partial charge < -0.3 is 10.4 Å². The fourth-order valence-corrected chi connectivity index (χ4v) is 3.69. The van der Waals surface area contributed by atoms with Gasteiger partial charge in [0.15, 0.2) is 0 Å². The lowest BCUT2D eigenvalue weighted by atomic mass is 9.96. The van der Waals surface area contributed by atoms with E-state index >= 15 is 0 Å². The summed E-state index contributed by atoms with van der Waals surface area (Å²) in [6, 6.07) is 8.05. The van der Waals surface area contributed by atoms with Gasteiger partial charge in [-0.3, -0.25) is 4.79 Å². The Morgan fingerprint density at radius 2 is 2.04 bits per heavy atom. The predicted molar refractivity (Wildman–Crippen MR) is 96.3 cm³/mol. The monoisotopic (exact) mass is 348 g/mol. The molecule has 2 aromatic rings. The molecular formula is C18H24N2O3S. The molecule has 24 heavy (non-hydrogen) atoms. The Morgan fingerprint density at radius 1 is 1.29 bits per heavy atom. The molecule has 0 aliphatic heterocycles. The second-order valence-corrected chi connectivity index (χ2v) is 7.33. The molecule has 1 unspecified atom stereocenters. The van der Waals surface area contributed by atoms with E-state index in [0.717, 1.165) is 29.8 Å². The zero-order chi connectivity index (χ0) is 17.6. The Bertz CT molecular complexity index is 680. The number of hydrogen-bond donors (Lipinski definition) is 2. The van der Waals surface area contributed by atoms with Crippen molar-refractivity contribution < 1.29 is 14.7 Å². The normalized spacial score (nSPS) is 13.6. The summed E-state index contributed by atoms with van der Waals surface area (Å²) >= 11 is 1.69. The van der Waals surface area contributed by atoms with Crippen molar-refractivity contribution in [2.75, 3.05) is 0 Å². The number of aryl methyl sites for hydroxylation is 1. The molecule has 2 rings (SSSR count). The molecule has 0 aliphatic carbocycles. The van der Waals surface area contributed by atoms with Gasteiger partial charge in [-0.2, -0.15) is 0 Å².